The minimum absolute atomic E-state index is 0.0146. The molecule has 0 atom stereocenters. The summed E-state index contributed by atoms with van der Waals surface area (Å²) in [6.07, 6.45) is 2.74. The van der Waals surface area contributed by atoms with Crippen molar-refractivity contribution in [3.05, 3.63) is 22.5 Å². The maximum Gasteiger partial charge on any atom is 0.330 e. The van der Waals surface area contributed by atoms with E-state index < -0.39 is 17.1 Å². The van der Waals surface area contributed by atoms with Gasteiger partial charge in [-0.3, -0.25) is 9.78 Å². The van der Waals surface area contributed by atoms with Crippen LogP contribution in [0.25, 0.3) is 0 Å². The lowest BCUT2D eigenvalue weighted by molar-refractivity contribution is -0.134. The largest absolute Gasteiger partial charge is 0.466 e. The molecule has 106 valence electrons. The third-order valence-corrected chi connectivity index (χ3v) is 2.80. The third-order valence-electron chi connectivity index (χ3n) is 2.80. The molecule has 2 rings (SSSR count). The van der Waals surface area contributed by atoms with Crippen LogP contribution in [0, 0.1) is 0 Å². The number of hydrogen-bond acceptors (Lipinski definition) is 7. The molecule has 1 aromatic rings. The van der Waals surface area contributed by atoms with Gasteiger partial charge in [-0.1, -0.05) is 0 Å². The normalized spacial score (nSPS) is 16.2. The molecule has 0 radical (unpaired) electrons. The number of aromatic nitrogens is 2. The molecule has 4 N–H and O–H groups in total. The van der Waals surface area contributed by atoms with Gasteiger partial charge in [0.25, 0.3) is 5.56 Å². The number of methoxy groups -OCH3 is 1. The molecular formula is C12H15N5O3. The number of carbonyl (C=O) groups is 1. The van der Waals surface area contributed by atoms with Crippen molar-refractivity contribution in [1.29, 1.82) is 0 Å². The summed E-state index contributed by atoms with van der Waals surface area (Å²) in [6, 6.07) is 0. The highest BCUT2D eigenvalue weighted by molar-refractivity contribution is 6.09. The zero-order valence-electron chi connectivity index (χ0n) is 11.4. The highest BCUT2D eigenvalue weighted by Gasteiger charge is 2.30. The fraction of sp³-hybridized carbons (Fsp3) is 0.333. The van der Waals surface area contributed by atoms with Crippen LogP contribution < -0.4 is 16.6 Å². The van der Waals surface area contributed by atoms with Crippen molar-refractivity contribution in [2.75, 3.05) is 18.2 Å². The van der Waals surface area contributed by atoms with Crippen LogP contribution in [-0.4, -0.2) is 34.3 Å². The van der Waals surface area contributed by atoms with Gasteiger partial charge in [-0.2, -0.15) is 4.98 Å². The molecule has 8 heteroatoms. The molecule has 8 nitrogen and oxygen atoms in total. The highest BCUT2D eigenvalue weighted by Crippen LogP contribution is 2.29. The number of anilines is 2. The number of nitrogen functional groups attached to an aromatic ring is 1. The first-order valence-corrected chi connectivity index (χ1v) is 5.86. The van der Waals surface area contributed by atoms with Gasteiger partial charge in [-0.05, 0) is 19.9 Å². The molecule has 1 aliphatic heterocycles. The number of carbonyl (C=O) groups excluding carboxylic acids is 1. The van der Waals surface area contributed by atoms with E-state index >= 15 is 0 Å². The predicted molar refractivity (Wildman–Crippen MR) is 75.2 cm³/mol. The van der Waals surface area contributed by atoms with Gasteiger partial charge in [0.15, 0.2) is 11.5 Å². The fourth-order valence-electron chi connectivity index (χ4n) is 1.76. The lowest BCUT2D eigenvalue weighted by atomic mass is 9.95. The van der Waals surface area contributed by atoms with Crippen LogP contribution >= 0.6 is 0 Å². The van der Waals surface area contributed by atoms with Crippen molar-refractivity contribution >= 4 is 29.1 Å². The van der Waals surface area contributed by atoms with Crippen LogP contribution in [-0.2, 0) is 9.53 Å². The van der Waals surface area contributed by atoms with Gasteiger partial charge in [0.2, 0.25) is 5.95 Å². The smallest absolute Gasteiger partial charge is 0.330 e. The number of aliphatic imine (C=N–C) groups is 1. The number of fused-ring (bicyclic) bond motifs is 1. The predicted octanol–water partition coefficient (Wildman–Crippen LogP) is 0.358. The van der Waals surface area contributed by atoms with Gasteiger partial charge in [-0.25, -0.2) is 9.79 Å². The molecule has 1 aromatic heterocycles. The summed E-state index contributed by atoms with van der Waals surface area (Å²) in [7, 11) is 1.28. The van der Waals surface area contributed by atoms with Crippen LogP contribution in [0.15, 0.2) is 21.9 Å². The van der Waals surface area contributed by atoms with Crippen molar-refractivity contribution in [1.82, 2.24) is 9.97 Å². The summed E-state index contributed by atoms with van der Waals surface area (Å²) in [5, 5.41) is 3.06. The molecular weight excluding hydrogens is 262 g/mol. The van der Waals surface area contributed by atoms with Crippen LogP contribution in [0.5, 0.6) is 0 Å². The van der Waals surface area contributed by atoms with E-state index in [1.807, 2.05) is 13.8 Å². The van der Waals surface area contributed by atoms with E-state index in [9.17, 15) is 9.59 Å². The monoisotopic (exact) mass is 277 g/mol. The average molecular weight is 277 g/mol. The first kappa shape index (κ1) is 13.8. The number of rotatable bonds is 2. The number of aromatic amines is 1. The Kier molecular flexibility index (Phi) is 3.31. The SMILES string of the molecule is COC(=O)/C=C/C1=Nc2c(nc(N)[nH]c2=O)NC1(C)C. The molecule has 0 fully saturated rings. The Hall–Kier alpha value is -2.64. The number of hydrogen-bond donors (Lipinski definition) is 3. The molecule has 2 heterocycles. The lowest BCUT2D eigenvalue weighted by Gasteiger charge is -2.31. The second kappa shape index (κ2) is 4.80. The second-order valence-corrected chi connectivity index (χ2v) is 4.75. The minimum Gasteiger partial charge on any atom is -0.466 e. The van der Waals surface area contributed by atoms with Crippen molar-refractivity contribution < 1.29 is 9.53 Å². The number of ether oxygens (including phenoxy) is 1. The molecule has 1 aliphatic rings. The Morgan fingerprint density at radius 1 is 1.45 bits per heavy atom. The zero-order chi connectivity index (χ0) is 14.9. The number of H-pyrrole nitrogens is 1. The Balaban J connectivity index is 2.50. The molecule has 20 heavy (non-hydrogen) atoms. The summed E-state index contributed by atoms with van der Waals surface area (Å²) in [6.45, 7) is 3.69. The molecule has 0 aliphatic carbocycles. The van der Waals surface area contributed by atoms with Crippen LogP contribution in [0.2, 0.25) is 0 Å². The molecule has 0 saturated heterocycles. The highest BCUT2D eigenvalue weighted by atomic mass is 16.5. The van der Waals surface area contributed by atoms with Gasteiger partial charge >= 0.3 is 5.97 Å². The molecule has 0 unspecified atom stereocenters. The Labute approximate surface area is 114 Å². The van der Waals surface area contributed by atoms with Crippen molar-refractivity contribution in [3.8, 4) is 0 Å². The lowest BCUT2D eigenvalue weighted by Crippen LogP contribution is -2.42. The average Bonchev–Trinajstić information content (AvgIpc) is 2.34. The minimum atomic E-state index is -0.606. The molecule has 0 amide bonds. The summed E-state index contributed by atoms with van der Waals surface area (Å²) in [5.41, 5.74) is 5.08. The van der Waals surface area contributed by atoms with Gasteiger partial charge in [0.1, 0.15) is 0 Å². The summed E-state index contributed by atoms with van der Waals surface area (Å²) >= 11 is 0. The Bertz CT molecular complexity index is 672. The molecule has 0 bridgehead atoms. The number of nitrogens with zero attached hydrogens (tertiary/aromatic N) is 2. The van der Waals surface area contributed by atoms with Gasteiger partial charge < -0.3 is 15.8 Å². The summed E-state index contributed by atoms with van der Waals surface area (Å²) in [4.78, 5) is 33.6. The maximum absolute atomic E-state index is 11.8. The summed E-state index contributed by atoms with van der Waals surface area (Å²) < 4.78 is 4.52. The van der Waals surface area contributed by atoms with Gasteiger partial charge in [0, 0.05) is 6.08 Å². The van der Waals surface area contributed by atoms with E-state index in [1.165, 1.54) is 19.3 Å². The standard InChI is InChI=1S/C12H15N5O3/c1-12(2)6(4-5-7(18)20-3)14-8-9(17-12)15-11(13)16-10(8)19/h4-5H,1-3H3,(H4,13,15,16,17,19)/b5-4+. The molecule has 0 aromatic carbocycles. The van der Waals surface area contributed by atoms with Gasteiger partial charge in [-0.15, -0.1) is 0 Å². The van der Waals surface area contributed by atoms with E-state index in [2.05, 4.69) is 25.0 Å². The maximum atomic E-state index is 11.8. The van der Waals surface area contributed by atoms with Crippen molar-refractivity contribution in [2.45, 2.75) is 19.4 Å². The van der Waals surface area contributed by atoms with Crippen molar-refractivity contribution in [2.24, 2.45) is 4.99 Å². The first-order chi connectivity index (χ1) is 9.33. The topological polar surface area (TPSA) is 122 Å². The number of esters is 1. The quantitative estimate of drug-likeness (QED) is 0.530. The first-order valence-electron chi connectivity index (χ1n) is 5.86. The zero-order valence-corrected chi connectivity index (χ0v) is 11.4. The van der Waals surface area contributed by atoms with E-state index in [0.717, 1.165) is 0 Å². The number of nitrogens with one attached hydrogen (secondary N) is 2. The van der Waals surface area contributed by atoms with E-state index in [4.69, 9.17) is 5.73 Å². The van der Waals surface area contributed by atoms with E-state index in [1.54, 1.807) is 0 Å². The number of nitrogens with two attached hydrogens (primary N) is 1. The van der Waals surface area contributed by atoms with E-state index in [-0.39, 0.29) is 11.6 Å². The summed E-state index contributed by atoms with van der Waals surface area (Å²) in [5.74, 6) is -0.175. The Morgan fingerprint density at radius 3 is 2.80 bits per heavy atom. The molecule has 0 saturated carbocycles. The van der Waals surface area contributed by atoms with E-state index in [0.29, 0.717) is 11.5 Å². The van der Waals surface area contributed by atoms with Gasteiger partial charge in [0.05, 0.1) is 18.4 Å². The Morgan fingerprint density at radius 2 is 2.15 bits per heavy atom. The van der Waals surface area contributed by atoms with Crippen LogP contribution in [0.3, 0.4) is 0 Å². The molecule has 0 spiro atoms. The second-order valence-electron chi connectivity index (χ2n) is 4.75. The van der Waals surface area contributed by atoms with Crippen LogP contribution in [0.4, 0.5) is 17.5 Å². The van der Waals surface area contributed by atoms with Crippen molar-refractivity contribution in [3.63, 3.8) is 0 Å². The third kappa shape index (κ3) is 2.53. The fourth-order valence-corrected chi connectivity index (χ4v) is 1.76. The van der Waals surface area contributed by atoms with Crippen LogP contribution in [0.1, 0.15) is 13.8 Å².